The number of anilines is 1. The molecular formula is C15H13N2O2-. The molecular weight excluding hydrogens is 240 g/mol. The molecule has 96 valence electrons. The number of para-hydroxylation sites is 1. The number of nitrogens with one attached hydrogen (secondary N) is 1. The molecule has 0 aliphatic heterocycles. The normalized spacial score (nSPS) is 11.1. The van der Waals surface area contributed by atoms with E-state index >= 15 is 0 Å². The molecule has 0 bridgehead atoms. The molecule has 0 saturated carbocycles. The highest BCUT2D eigenvalue weighted by Gasteiger charge is 2.05. The van der Waals surface area contributed by atoms with Crippen molar-refractivity contribution in [2.75, 3.05) is 5.43 Å². The van der Waals surface area contributed by atoms with Gasteiger partial charge in [-0.3, -0.25) is 5.43 Å². The van der Waals surface area contributed by atoms with Gasteiger partial charge in [-0.15, -0.1) is 0 Å². The first kappa shape index (κ1) is 12.8. The van der Waals surface area contributed by atoms with E-state index in [1.165, 1.54) is 6.07 Å². The summed E-state index contributed by atoms with van der Waals surface area (Å²) in [6.45, 7) is 1.75. The van der Waals surface area contributed by atoms with Crippen LogP contribution in [0.1, 0.15) is 22.8 Å². The lowest BCUT2D eigenvalue weighted by Gasteiger charge is -2.10. The largest absolute Gasteiger partial charge is 0.545 e. The van der Waals surface area contributed by atoms with Crippen molar-refractivity contribution in [3.63, 3.8) is 0 Å². The number of carboxylic acid groups (broad SMARTS) is 1. The molecule has 0 aliphatic rings. The molecule has 2 aromatic carbocycles. The van der Waals surface area contributed by atoms with Crippen molar-refractivity contribution in [2.24, 2.45) is 5.10 Å². The number of aromatic carboxylic acids is 1. The number of benzene rings is 2. The predicted octanol–water partition coefficient (Wildman–Crippen LogP) is 1.89. The van der Waals surface area contributed by atoms with Crippen molar-refractivity contribution in [2.45, 2.75) is 6.92 Å². The summed E-state index contributed by atoms with van der Waals surface area (Å²) in [5.41, 5.74) is 5.00. The third-order valence-electron chi connectivity index (χ3n) is 2.66. The maximum Gasteiger partial charge on any atom is 0.0722 e. The third kappa shape index (κ3) is 3.19. The molecule has 1 N–H and O–H groups in total. The molecule has 0 fully saturated rings. The molecule has 0 atom stereocenters. The van der Waals surface area contributed by atoms with Crippen LogP contribution < -0.4 is 10.5 Å². The second-order valence-corrected chi connectivity index (χ2v) is 4.01. The van der Waals surface area contributed by atoms with E-state index in [-0.39, 0.29) is 5.56 Å². The highest BCUT2D eigenvalue weighted by atomic mass is 16.4. The van der Waals surface area contributed by atoms with Gasteiger partial charge in [0.25, 0.3) is 0 Å². The number of rotatable bonds is 4. The lowest BCUT2D eigenvalue weighted by molar-refractivity contribution is -0.255. The third-order valence-corrected chi connectivity index (χ3v) is 2.66. The Kier molecular flexibility index (Phi) is 3.93. The average Bonchev–Trinajstić information content (AvgIpc) is 2.46. The van der Waals surface area contributed by atoms with E-state index < -0.39 is 5.97 Å². The summed E-state index contributed by atoms with van der Waals surface area (Å²) in [5, 5.41) is 15.2. The lowest BCUT2D eigenvalue weighted by Crippen LogP contribution is -2.24. The Morgan fingerprint density at radius 3 is 2.21 bits per heavy atom. The predicted molar refractivity (Wildman–Crippen MR) is 73.0 cm³/mol. The fourth-order valence-electron chi connectivity index (χ4n) is 1.70. The SMILES string of the molecule is C/C(=N\Nc1ccccc1)c1ccccc1C(=O)[O-]. The van der Waals surface area contributed by atoms with Crippen LogP contribution in [0.2, 0.25) is 0 Å². The van der Waals surface area contributed by atoms with Gasteiger partial charge in [-0.2, -0.15) is 5.10 Å². The molecule has 4 heteroatoms. The van der Waals surface area contributed by atoms with Gasteiger partial charge in [-0.05, 0) is 19.1 Å². The summed E-state index contributed by atoms with van der Waals surface area (Å²) < 4.78 is 0. The molecule has 2 rings (SSSR count). The summed E-state index contributed by atoms with van der Waals surface area (Å²) >= 11 is 0. The van der Waals surface area contributed by atoms with Gasteiger partial charge in [-0.1, -0.05) is 42.5 Å². The number of carbonyl (C=O) groups is 1. The van der Waals surface area contributed by atoms with Crippen LogP contribution >= 0.6 is 0 Å². The van der Waals surface area contributed by atoms with E-state index in [0.717, 1.165) is 5.69 Å². The first-order valence-corrected chi connectivity index (χ1v) is 5.84. The number of nitrogens with zero attached hydrogens (tertiary/aromatic N) is 1. The van der Waals surface area contributed by atoms with Gasteiger partial charge < -0.3 is 9.90 Å². The van der Waals surface area contributed by atoms with Crippen LogP contribution in [0.3, 0.4) is 0 Å². The van der Waals surface area contributed by atoms with Gasteiger partial charge in [0.2, 0.25) is 0 Å². The number of hydrogen-bond donors (Lipinski definition) is 1. The molecule has 0 heterocycles. The maximum atomic E-state index is 11.0. The zero-order valence-electron chi connectivity index (χ0n) is 10.5. The quantitative estimate of drug-likeness (QED) is 0.668. The minimum absolute atomic E-state index is 0.138. The van der Waals surface area contributed by atoms with Crippen LogP contribution in [0, 0.1) is 0 Å². The first-order chi connectivity index (χ1) is 9.18. The minimum atomic E-state index is -1.20. The van der Waals surface area contributed by atoms with Crippen LogP contribution in [0.5, 0.6) is 0 Å². The second-order valence-electron chi connectivity index (χ2n) is 4.01. The summed E-state index contributed by atoms with van der Waals surface area (Å²) in [7, 11) is 0. The lowest BCUT2D eigenvalue weighted by atomic mass is 10.0. The zero-order chi connectivity index (χ0) is 13.7. The first-order valence-electron chi connectivity index (χ1n) is 5.84. The Labute approximate surface area is 111 Å². The molecule has 0 aliphatic carbocycles. The molecule has 19 heavy (non-hydrogen) atoms. The van der Waals surface area contributed by atoms with Gasteiger partial charge in [0, 0.05) is 11.1 Å². The van der Waals surface area contributed by atoms with Gasteiger partial charge in [0.1, 0.15) is 0 Å². The van der Waals surface area contributed by atoms with Crippen molar-refractivity contribution in [3.8, 4) is 0 Å². The second kappa shape index (κ2) is 5.82. The van der Waals surface area contributed by atoms with Crippen LogP contribution in [0.15, 0.2) is 59.7 Å². The van der Waals surface area contributed by atoms with E-state index in [9.17, 15) is 9.90 Å². The summed E-state index contributed by atoms with van der Waals surface area (Å²) in [5.74, 6) is -1.20. The molecule has 0 saturated heterocycles. The molecule has 0 spiro atoms. The Balaban J connectivity index is 2.24. The summed E-state index contributed by atoms with van der Waals surface area (Å²) in [6, 6.07) is 16.1. The Bertz CT molecular complexity index is 607. The van der Waals surface area contributed by atoms with Gasteiger partial charge >= 0.3 is 0 Å². The average molecular weight is 253 g/mol. The van der Waals surface area contributed by atoms with Gasteiger partial charge in [-0.25, -0.2) is 0 Å². The molecule has 0 radical (unpaired) electrons. The number of carboxylic acids is 1. The highest BCUT2D eigenvalue weighted by molar-refractivity contribution is 6.07. The van der Waals surface area contributed by atoms with E-state index in [1.54, 1.807) is 25.1 Å². The van der Waals surface area contributed by atoms with E-state index in [4.69, 9.17) is 0 Å². The Morgan fingerprint density at radius 2 is 1.58 bits per heavy atom. The van der Waals surface area contributed by atoms with Crippen LogP contribution in [-0.2, 0) is 0 Å². The molecule has 0 amide bonds. The standard InChI is InChI=1S/C15H14N2O2/c1-11(16-17-12-7-3-2-4-8-12)13-9-5-6-10-14(13)15(18)19/h2-10,17H,1H3,(H,18,19)/p-1/b16-11+. The molecule has 0 unspecified atom stereocenters. The molecule has 4 nitrogen and oxygen atoms in total. The van der Waals surface area contributed by atoms with Crippen molar-refractivity contribution < 1.29 is 9.90 Å². The zero-order valence-corrected chi connectivity index (χ0v) is 10.5. The Morgan fingerprint density at radius 1 is 1.00 bits per heavy atom. The topological polar surface area (TPSA) is 64.5 Å². The van der Waals surface area contributed by atoms with Crippen LogP contribution in [-0.4, -0.2) is 11.7 Å². The molecule has 2 aromatic rings. The summed E-state index contributed by atoms with van der Waals surface area (Å²) in [4.78, 5) is 11.0. The fourth-order valence-corrected chi connectivity index (χ4v) is 1.70. The fraction of sp³-hybridized carbons (Fsp3) is 0.0667. The van der Waals surface area contributed by atoms with Crippen molar-refractivity contribution >= 4 is 17.4 Å². The van der Waals surface area contributed by atoms with Crippen LogP contribution in [0.25, 0.3) is 0 Å². The molecule has 0 aromatic heterocycles. The monoisotopic (exact) mass is 253 g/mol. The maximum absolute atomic E-state index is 11.0. The minimum Gasteiger partial charge on any atom is -0.545 e. The number of carbonyl (C=O) groups excluding carboxylic acids is 1. The highest BCUT2D eigenvalue weighted by Crippen LogP contribution is 2.11. The van der Waals surface area contributed by atoms with E-state index in [0.29, 0.717) is 11.3 Å². The van der Waals surface area contributed by atoms with Gasteiger partial charge in [0.05, 0.1) is 17.4 Å². The Hall–Kier alpha value is -2.62. The number of hydrazone groups is 1. The van der Waals surface area contributed by atoms with Crippen molar-refractivity contribution in [1.82, 2.24) is 0 Å². The van der Waals surface area contributed by atoms with Gasteiger partial charge in [0.15, 0.2) is 0 Å². The van der Waals surface area contributed by atoms with Crippen LogP contribution in [0.4, 0.5) is 5.69 Å². The van der Waals surface area contributed by atoms with E-state index in [1.807, 2.05) is 30.3 Å². The van der Waals surface area contributed by atoms with Crippen molar-refractivity contribution in [3.05, 3.63) is 65.7 Å². The van der Waals surface area contributed by atoms with Crippen molar-refractivity contribution in [1.29, 1.82) is 0 Å². The number of hydrogen-bond acceptors (Lipinski definition) is 4. The summed E-state index contributed by atoms with van der Waals surface area (Å²) in [6.07, 6.45) is 0. The van der Waals surface area contributed by atoms with E-state index in [2.05, 4.69) is 10.5 Å². The smallest absolute Gasteiger partial charge is 0.0722 e.